The molecule has 0 spiro atoms. The Hall–Kier alpha value is -1.14. The van der Waals surface area contributed by atoms with Crippen molar-refractivity contribution in [2.24, 2.45) is 0 Å². The van der Waals surface area contributed by atoms with Crippen LogP contribution >= 0.6 is 0 Å². The van der Waals surface area contributed by atoms with Crippen molar-refractivity contribution in [2.75, 3.05) is 52.5 Å². The van der Waals surface area contributed by atoms with Crippen LogP contribution < -0.4 is 4.74 Å². The average Bonchev–Trinajstić information content (AvgIpc) is 2.49. The van der Waals surface area contributed by atoms with Gasteiger partial charge in [0.1, 0.15) is 18.5 Å². The Kier molecular flexibility index (Phi) is 6.64. The molecule has 0 bridgehead atoms. The van der Waals surface area contributed by atoms with E-state index in [0.717, 1.165) is 49.6 Å². The molecule has 2 rings (SSSR count). The Labute approximate surface area is 133 Å². The van der Waals surface area contributed by atoms with Crippen LogP contribution in [0.1, 0.15) is 11.1 Å². The van der Waals surface area contributed by atoms with Crippen LogP contribution in [0.25, 0.3) is 0 Å². The van der Waals surface area contributed by atoms with Gasteiger partial charge in [-0.2, -0.15) is 0 Å². The van der Waals surface area contributed by atoms with E-state index in [1.54, 1.807) is 0 Å². The quantitative estimate of drug-likeness (QED) is 0.775. The molecule has 0 radical (unpaired) electrons. The smallest absolute Gasteiger partial charge is 0.125 e. The van der Waals surface area contributed by atoms with Gasteiger partial charge in [-0.1, -0.05) is 18.2 Å². The maximum atomic E-state index is 10.2. The van der Waals surface area contributed by atoms with Gasteiger partial charge in [-0.25, -0.2) is 0 Å². The lowest BCUT2D eigenvalue weighted by Crippen LogP contribution is -2.49. The van der Waals surface area contributed by atoms with E-state index >= 15 is 0 Å². The fourth-order valence-electron chi connectivity index (χ4n) is 2.89. The van der Waals surface area contributed by atoms with Gasteiger partial charge >= 0.3 is 0 Å². The van der Waals surface area contributed by atoms with Gasteiger partial charge in [0.05, 0.1) is 6.61 Å². The fourth-order valence-corrected chi connectivity index (χ4v) is 2.89. The number of benzene rings is 1. The van der Waals surface area contributed by atoms with Gasteiger partial charge in [0.25, 0.3) is 0 Å². The van der Waals surface area contributed by atoms with Gasteiger partial charge in [-0.15, -0.1) is 0 Å². The van der Waals surface area contributed by atoms with Crippen molar-refractivity contribution < 1.29 is 14.9 Å². The van der Waals surface area contributed by atoms with E-state index in [1.165, 1.54) is 0 Å². The number of β-amino-alcohol motifs (C(OH)–C–C–N with tert-alkyl or cyclic N) is 2. The van der Waals surface area contributed by atoms with Gasteiger partial charge in [-0.3, -0.25) is 9.80 Å². The van der Waals surface area contributed by atoms with E-state index in [4.69, 9.17) is 9.84 Å². The van der Waals surface area contributed by atoms with Crippen LogP contribution in [0.15, 0.2) is 18.2 Å². The van der Waals surface area contributed by atoms with E-state index in [-0.39, 0.29) is 6.61 Å². The summed E-state index contributed by atoms with van der Waals surface area (Å²) in [7, 11) is 0. The molecule has 124 valence electrons. The molecule has 0 aromatic heterocycles. The highest BCUT2D eigenvalue weighted by Gasteiger charge is 2.19. The first-order valence-corrected chi connectivity index (χ1v) is 8.03. The van der Waals surface area contributed by atoms with Crippen LogP contribution in [-0.2, 0) is 0 Å². The lowest BCUT2D eigenvalue weighted by molar-refractivity contribution is 0.0426. The van der Waals surface area contributed by atoms with Crippen molar-refractivity contribution in [3.05, 3.63) is 29.3 Å². The minimum Gasteiger partial charge on any atom is -0.490 e. The van der Waals surface area contributed by atoms with Crippen LogP contribution in [0, 0.1) is 13.8 Å². The summed E-state index contributed by atoms with van der Waals surface area (Å²) in [6, 6.07) is 6.06. The maximum absolute atomic E-state index is 10.2. The number of hydrogen-bond donors (Lipinski definition) is 2. The summed E-state index contributed by atoms with van der Waals surface area (Å²) in [5.41, 5.74) is 2.20. The molecule has 1 fully saturated rings. The van der Waals surface area contributed by atoms with Gasteiger partial charge in [0.15, 0.2) is 0 Å². The Bertz CT molecular complexity index is 439. The highest BCUT2D eigenvalue weighted by molar-refractivity contribution is 5.39. The van der Waals surface area contributed by atoms with Crippen molar-refractivity contribution in [3.8, 4) is 5.75 Å². The first-order chi connectivity index (χ1) is 10.6. The highest BCUT2D eigenvalue weighted by atomic mass is 16.5. The number of rotatable bonds is 7. The lowest BCUT2D eigenvalue weighted by atomic mass is 10.1. The van der Waals surface area contributed by atoms with Gasteiger partial charge < -0.3 is 14.9 Å². The predicted molar refractivity (Wildman–Crippen MR) is 87.4 cm³/mol. The van der Waals surface area contributed by atoms with Gasteiger partial charge in [-0.05, 0) is 25.0 Å². The fraction of sp³-hybridized carbons (Fsp3) is 0.647. The first kappa shape index (κ1) is 17.2. The molecule has 1 heterocycles. The molecule has 5 heteroatoms. The molecule has 1 atom stereocenters. The third kappa shape index (κ3) is 4.95. The molecular formula is C17H28N2O3. The number of nitrogens with zero attached hydrogens (tertiary/aromatic N) is 2. The standard InChI is InChI=1S/C17H28N2O3/c1-14-4-3-5-15(2)17(14)22-13-16(21)12-19-8-6-18(7-9-19)10-11-20/h3-5,16,20-21H,6-13H2,1-2H3/t16-/m1/s1. The SMILES string of the molecule is Cc1cccc(C)c1OC[C@H](O)CN1CCN(CCO)CC1. The summed E-state index contributed by atoms with van der Waals surface area (Å²) in [5.74, 6) is 0.884. The molecule has 0 unspecified atom stereocenters. The molecule has 22 heavy (non-hydrogen) atoms. The lowest BCUT2D eigenvalue weighted by Gasteiger charge is -2.35. The molecule has 1 aliphatic rings. The van der Waals surface area contributed by atoms with Crippen LogP contribution in [0.5, 0.6) is 5.75 Å². The van der Waals surface area contributed by atoms with Crippen LogP contribution in [0.2, 0.25) is 0 Å². The van der Waals surface area contributed by atoms with Crippen molar-refractivity contribution >= 4 is 0 Å². The number of aliphatic hydroxyl groups excluding tert-OH is 2. The topological polar surface area (TPSA) is 56.2 Å². The minimum atomic E-state index is -0.483. The van der Waals surface area contributed by atoms with Crippen molar-refractivity contribution in [1.82, 2.24) is 9.80 Å². The molecule has 0 amide bonds. The van der Waals surface area contributed by atoms with Crippen molar-refractivity contribution in [3.63, 3.8) is 0 Å². The van der Waals surface area contributed by atoms with E-state index in [1.807, 2.05) is 32.0 Å². The van der Waals surface area contributed by atoms with E-state index < -0.39 is 6.10 Å². The highest BCUT2D eigenvalue weighted by Crippen LogP contribution is 2.22. The predicted octanol–water partition coefficient (Wildman–Crippen LogP) is 0.653. The minimum absolute atomic E-state index is 0.215. The summed E-state index contributed by atoms with van der Waals surface area (Å²) in [6.07, 6.45) is -0.483. The van der Waals surface area contributed by atoms with Crippen LogP contribution in [-0.4, -0.2) is 78.6 Å². The number of hydrogen-bond acceptors (Lipinski definition) is 5. The Balaban J connectivity index is 1.73. The zero-order valence-corrected chi connectivity index (χ0v) is 13.7. The summed E-state index contributed by atoms with van der Waals surface area (Å²) in [6.45, 7) is 9.72. The third-order valence-electron chi connectivity index (χ3n) is 4.18. The number of ether oxygens (including phenoxy) is 1. The number of piperazine rings is 1. The molecule has 2 N–H and O–H groups in total. The Morgan fingerprint density at radius 1 is 1.09 bits per heavy atom. The second-order valence-corrected chi connectivity index (χ2v) is 6.05. The summed E-state index contributed by atoms with van der Waals surface area (Å²) in [4.78, 5) is 4.50. The van der Waals surface area contributed by atoms with Gasteiger partial charge in [0.2, 0.25) is 0 Å². The Morgan fingerprint density at radius 2 is 1.68 bits per heavy atom. The normalized spacial score (nSPS) is 18.4. The third-order valence-corrected chi connectivity index (χ3v) is 4.18. The Morgan fingerprint density at radius 3 is 2.27 bits per heavy atom. The molecule has 5 nitrogen and oxygen atoms in total. The molecule has 1 saturated heterocycles. The molecule has 1 aliphatic heterocycles. The largest absolute Gasteiger partial charge is 0.490 e. The summed E-state index contributed by atoms with van der Waals surface area (Å²) < 4.78 is 5.81. The van der Waals surface area contributed by atoms with Crippen molar-refractivity contribution in [1.29, 1.82) is 0 Å². The average molecular weight is 308 g/mol. The van der Waals surface area contributed by atoms with E-state index in [2.05, 4.69) is 9.80 Å². The molecular weight excluding hydrogens is 280 g/mol. The molecule has 0 aliphatic carbocycles. The maximum Gasteiger partial charge on any atom is 0.125 e. The van der Waals surface area contributed by atoms with Gasteiger partial charge in [0, 0.05) is 39.3 Å². The summed E-state index contributed by atoms with van der Waals surface area (Å²) in [5, 5.41) is 19.1. The van der Waals surface area contributed by atoms with E-state index in [0.29, 0.717) is 13.2 Å². The monoisotopic (exact) mass is 308 g/mol. The number of aliphatic hydroxyl groups is 2. The zero-order valence-electron chi connectivity index (χ0n) is 13.7. The zero-order chi connectivity index (χ0) is 15.9. The van der Waals surface area contributed by atoms with Crippen molar-refractivity contribution in [2.45, 2.75) is 20.0 Å². The summed E-state index contributed by atoms with van der Waals surface area (Å²) >= 11 is 0. The molecule has 1 aromatic carbocycles. The van der Waals surface area contributed by atoms with Crippen LogP contribution in [0.3, 0.4) is 0 Å². The van der Waals surface area contributed by atoms with E-state index in [9.17, 15) is 5.11 Å². The molecule has 0 saturated carbocycles. The molecule has 1 aromatic rings. The first-order valence-electron chi connectivity index (χ1n) is 8.03. The number of aryl methyl sites for hydroxylation is 2. The second kappa shape index (κ2) is 8.48. The number of para-hydroxylation sites is 1. The van der Waals surface area contributed by atoms with Crippen LogP contribution in [0.4, 0.5) is 0 Å². The second-order valence-electron chi connectivity index (χ2n) is 6.05.